The van der Waals surface area contributed by atoms with E-state index >= 15 is 0 Å². The fourth-order valence-electron chi connectivity index (χ4n) is 2.29. The molecular formula is C14H23FN2. The smallest absolute Gasteiger partial charge is 0.146 e. The van der Waals surface area contributed by atoms with Crippen LogP contribution in [0.25, 0.3) is 0 Å². The van der Waals surface area contributed by atoms with Crippen LogP contribution < -0.4 is 10.6 Å². The summed E-state index contributed by atoms with van der Waals surface area (Å²) in [4.78, 5) is 2.02. The number of rotatable bonds is 5. The van der Waals surface area contributed by atoms with Crippen molar-refractivity contribution in [3.63, 3.8) is 0 Å². The van der Waals surface area contributed by atoms with Crippen LogP contribution in [0.1, 0.15) is 45.2 Å². The highest BCUT2D eigenvalue weighted by atomic mass is 19.1. The van der Waals surface area contributed by atoms with Gasteiger partial charge in [-0.2, -0.15) is 0 Å². The maximum atomic E-state index is 14.0. The van der Waals surface area contributed by atoms with Crippen molar-refractivity contribution >= 4 is 5.69 Å². The molecule has 96 valence electrons. The predicted molar refractivity (Wildman–Crippen MR) is 71.8 cm³/mol. The van der Waals surface area contributed by atoms with Crippen molar-refractivity contribution in [1.29, 1.82) is 0 Å². The van der Waals surface area contributed by atoms with Crippen molar-refractivity contribution in [2.45, 2.75) is 45.7 Å². The van der Waals surface area contributed by atoms with Crippen molar-refractivity contribution in [3.05, 3.63) is 29.6 Å². The monoisotopic (exact) mass is 238 g/mol. The Kier molecular flexibility index (Phi) is 4.94. The van der Waals surface area contributed by atoms with Gasteiger partial charge in [-0.05, 0) is 31.4 Å². The molecule has 0 fully saturated rings. The highest BCUT2D eigenvalue weighted by Crippen LogP contribution is 2.30. The number of halogens is 1. The molecule has 0 aliphatic heterocycles. The Labute approximate surface area is 104 Å². The number of hydrogen-bond acceptors (Lipinski definition) is 2. The number of hydrogen-bond donors (Lipinski definition) is 1. The Hall–Kier alpha value is -1.09. The molecule has 3 heteroatoms. The molecule has 0 aliphatic rings. The van der Waals surface area contributed by atoms with E-state index in [-0.39, 0.29) is 11.9 Å². The molecule has 0 radical (unpaired) electrons. The minimum atomic E-state index is -0.186. The average molecular weight is 238 g/mol. The van der Waals surface area contributed by atoms with Crippen LogP contribution in [0.15, 0.2) is 18.2 Å². The van der Waals surface area contributed by atoms with Gasteiger partial charge in [-0.15, -0.1) is 0 Å². The van der Waals surface area contributed by atoms with Crippen molar-refractivity contribution in [1.82, 2.24) is 0 Å². The summed E-state index contributed by atoms with van der Waals surface area (Å²) < 4.78 is 14.0. The Bertz CT molecular complexity index is 359. The zero-order valence-electron chi connectivity index (χ0n) is 11.2. The summed E-state index contributed by atoms with van der Waals surface area (Å²) in [6.07, 6.45) is 2.00. The lowest BCUT2D eigenvalue weighted by Gasteiger charge is -2.31. The van der Waals surface area contributed by atoms with E-state index < -0.39 is 0 Å². The summed E-state index contributed by atoms with van der Waals surface area (Å²) in [5.74, 6) is -0.186. The molecule has 17 heavy (non-hydrogen) atoms. The van der Waals surface area contributed by atoms with E-state index in [9.17, 15) is 4.39 Å². The van der Waals surface area contributed by atoms with E-state index in [0.717, 1.165) is 18.4 Å². The molecule has 0 aromatic heterocycles. The average Bonchev–Trinajstić information content (AvgIpc) is 2.29. The second-order valence-corrected chi connectivity index (χ2v) is 4.55. The van der Waals surface area contributed by atoms with Gasteiger partial charge < -0.3 is 10.6 Å². The second kappa shape index (κ2) is 6.01. The minimum absolute atomic E-state index is 0.155. The summed E-state index contributed by atoms with van der Waals surface area (Å²) in [5.41, 5.74) is 7.43. The van der Waals surface area contributed by atoms with Gasteiger partial charge in [0, 0.05) is 19.1 Å². The third-order valence-corrected chi connectivity index (χ3v) is 3.35. The summed E-state index contributed by atoms with van der Waals surface area (Å²) >= 11 is 0. The minimum Gasteiger partial charge on any atom is -0.369 e. The van der Waals surface area contributed by atoms with Crippen LogP contribution in [-0.2, 0) is 0 Å². The van der Waals surface area contributed by atoms with Crippen LogP contribution in [0.4, 0.5) is 10.1 Å². The molecule has 0 saturated carbocycles. The third kappa shape index (κ3) is 2.97. The molecule has 1 rings (SSSR count). The van der Waals surface area contributed by atoms with Crippen molar-refractivity contribution in [3.8, 4) is 0 Å². The highest BCUT2D eigenvalue weighted by Gasteiger charge is 2.19. The molecule has 1 atom stereocenters. The molecule has 0 unspecified atom stereocenters. The highest BCUT2D eigenvalue weighted by molar-refractivity contribution is 5.56. The Morgan fingerprint density at radius 1 is 1.29 bits per heavy atom. The first-order chi connectivity index (χ1) is 8.02. The van der Waals surface area contributed by atoms with E-state index in [1.807, 2.05) is 24.9 Å². The molecule has 0 saturated heterocycles. The lowest BCUT2D eigenvalue weighted by Crippen LogP contribution is -2.32. The van der Waals surface area contributed by atoms with Gasteiger partial charge in [0.25, 0.3) is 0 Å². The number of anilines is 1. The number of nitrogens with zero attached hydrogens (tertiary/aromatic N) is 1. The zero-order chi connectivity index (χ0) is 13.0. The first kappa shape index (κ1) is 14.0. The Balaban J connectivity index is 3.19. The van der Waals surface area contributed by atoms with E-state index in [0.29, 0.717) is 11.7 Å². The van der Waals surface area contributed by atoms with Gasteiger partial charge in [-0.3, -0.25) is 0 Å². The topological polar surface area (TPSA) is 29.3 Å². The fraction of sp³-hybridized carbons (Fsp3) is 0.571. The standard InChI is InChI=1S/C14H23FN2/c1-5-11(6-2)17(4)14-12(10(3)16)8-7-9-13(14)15/h7-11H,5-6,16H2,1-4H3/t10-/m1/s1. The molecule has 0 amide bonds. The number of benzene rings is 1. The van der Waals surface area contributed by atoms with Gasteiger partial charge in [0.05, 0.1) is 5.69 Å². The molecule has 0 aliphatic carbocycles. The molecule has 1 aromatic rings. The summed E-state index contributed by atoms with van der Waals surface area (Å²) in [6, 6.07) is 5.32. The summed E-state index contributed by atoms with van der Waals surface area (Å²) in [7, 11) is 1.95. The van der Waals surface area contributed by atoms with E-state index in [2.05, 4.69) is 13.8 Å². The molecule has 2 nitrogen and oxygen atoms in total. The fourth-order valence-corrected chi connectivity index (χ4v) is 2.29. The van der Waals surface area contributed by atoms with Crippen molar-refractivity contribution in [2.24, 2.45) is 5.73 Å². The lowest BCUT2D eigenvalue weighted by molar-refractivity contribution is 0.560. The molecule has 0 bridgehead atoms. The molecule has 0 heterocycles. The lowest BCUT2D eigenvalue weighted by atomic mass is 10.0. The quantitative estimate of drug-likeness (QED) is 0.851. The van der Waals surface area contributed by atoms with E-state index in [1.165, 1.54) is 6.07 Å². The summed E-state index contributed by atoms with van der Waals surface area (Å²) in [5, 5.41) is 0. The van der Waals surface area contributed by atoms with Gasteiger partial charge in [0.1, 0.15) is 5.82 Å². The van der Waals surface area contributed by atoms with Crippen LogP contribution >= 0.6 is 0 Å². The molecule has 1 aromatic carbocycles. The third-order valence-electron chi connectivity index (χ3n) is 3.35. The van der Waals surface area contributed by atoms with E-state index in [1.54, 1.807) is 6.07 Å². The van der Waals surface area contributed by atoms with Crippen LogP contribution in [0.5, 0.6) is 0 Å². The summed E-state index contributed by atoms with van der Waals surface area (Å²) in [6.45, 7) is 6.13. The number of nitrogens with two attached hydrogens (primary N) is 1. The van der Waals surface area contributed by atoms with Crippen molar-refractivity contribution in [2.75, 3.05) is 11.9 Å². The molecule has 0 spiro atoms. The van der Waals surface area contributed by atoms with E-state index in [4.69, 9.17) is 5.73 Å². The molecule has 2 N–H and O–H groups in total. The van der Waals surface area contributed by atoms with Gasteiger partial charge in [0.15, 0.2) is 0 Å². The van der Waals surface area contributed by atoms with Gasteiger partial charge >= 0.3 is 0 Å². The van der Waals surface area contributed by atoms with Crippen LogP contribution in [0.3, 0.4) is 0 Å². The predicted octanol–water partition coefficient (Wildman–Crippen LogP) is 3.47. The van der Waals surface area contributed by atoms with Crippen LogP contribution in [0, 0.1) is 5.82 Å². The SMILES string of the molecule is CCC(CC)N(C)c1c(F)cccc1[C@@H](C)N. The molecular weight excluding hydrogens is 215 g/mol. The zero-order valence-corrected chi connectivity index (χ0v) is 11.2. The Morgan fingerprint density at radius 3 is 2.35 bits per heavy atom. The van der Waals surface area contributed by atoms with Gasteiger partial charge in [-0.1, -0.05) is 26.0 Å². The van der Waals surface area contributed by atoms with Crippen LogP contribution in [0.2, 0.25) is 0 Å². The van der Waals surface area contributed by atoms with Crippen molar-refractivity contribution < 1.29 is 4.39 Å². The largest absolute Gasteiger partial charge is 0.369 e. The first-order valence-corrected chi connectivity index (χ1v) is 6.29. The second-order valence-electron chi connectivity index (χ2n) is 4.55. The maximum absolute atomic E-state index is 14.0. The maximum Gasteiger partial charge on any atom is 0.146 e. The normalized spacial score (nSPS) is 12.9. The van der Waals surface area contributed by atoms with Gasteiger partial charge in [0.2, 0.25) is 0 Å². The van der Waals surface area contributed by atoms with Gasteiger partial charge in [-0.25, -0.2) is 4.39 Å². The van der Waals surface area contributed by atoms with Crippen LogP contribution in [-0.4, -0.2) is 13.1 Å². The Morgan fingerprint density at radius 2 is 1.88 bits per heavy atom. The first-order valence-electron chi connectivity index (χ1n) is 6.29. The number of para-hydroxylation sites is 1.